The van der Waals surface area contributed by atoms with E-state index in [1.807, 2.05) is 32.0 Å². The van der Waals surface area contributed by atoms with E-state index in [1.54, 1.807) is 0 Å². The van der Waals surface area contributed by atoms with Crippen LogP contribution in [0.25, 0.3) is 0 Å². The zero-order valence-corrected chi connectivity index (χ0v) is 11.2. The zero-order chi connectivity index (χ0) is 13.1. The summed E-state index contributed by atoms with van der Waals surface area (Å²) in [5.41, 5.74) is 9.13. The molecule has 3 heteroatoms. The molecule has 1 saturated carbocycles. The first-order chi connectivity index (χ1) is 8.58. The maximum absolute atomic E-state index is 12.2. The van der Waals surface area contributed by atoms with Crippen LogP contribution in [0, 0.1) is 13.8 Å². The summed E-state index contributed by atoms with van der Waals surface area (Å²) in [6.45, 7) is 4.08. The molecule has 3 N–H and O–H groups in total. The van der Waals surface area contributed by atoms with Gasteiger partial charge in [0.25, 0.3) is 5.91 Å². The summed E-state index contributed by atoms with van der Waals surface area (Å²) in [4.78, 5) is 12.2. The molecule has 1 aromatic carbocycles. The van der Waals surface area contributed by atoms with Gasteiger partial charge in [-0.25, -0.2) is 0 Å². The maximum Gasteiger partial charge on any atom is 0.251 e. The molecule has 1 fully saturated rings. The van der Waals surface area contributed by atoms with Crippen molar-refractivity contribution in [2.24, 2.45) is 5.73 Å². The highest BCUT2D eigenvalue weighted by Gasteiger charge is 2.23. The number of nitrogens with two attached hydrogens (primary N) is 1. The van der Waals surface area contributed by atoms with Crippen molar-refractivity contribution >= 4 is 5.91 Å². The first-order valence-electron chi connectivity index (χ1n) is 6.71. The molecule has 1 aliphatic carbocycles. The normalized spacial score (nSPS) is 23.7. The second-order valence-corrected chi connectivity index (χ2v) is 5.33. The highest BCUT2D eigenvalue weighted by molar-refractivity contribution is 5.94. The van der Waals surface area contributed by atoms with E-state index in [0.29, 0.717) is 0 Å². The summed E-state index contributed by atoms with van der Waals surface area (Å²) in [7, 11) is 0. The number of nitrogens with one attached hydrogen (secondary N) is 1. The Hall–Kier alpha value is -1.35. The van der Waals surface area contributed by atoms with Gasteiger partial charge >= 0.3 is 0 Å². The van der Waals surface area contributed by atoms with Crippen LogP contribution in [0.4, 0.5) is 0 Å². The van der Waals surface area contributed by atoms with Gasteiger partial charge < -0.3 is 11.1 Å². The molecule has 1 aromatic rings. The molecule has 18 heavy (non-hydrogen) atoms. The van der Waals surface area contributed by atoms with E-state index in [0.717, 1.165) is 30.4 Å². The Labute approximate surface area is 109 Å². The fourth-order valence-corrected chi connectivity index (χ4v) is 2.47. The second kappa shape index (κ2) is 5.53. The SMILES string of the molecule is Cc1ccc(C(=O)N[C@@H]2CCCC[C@H]2N)cc1C. The van der Waals surface area contributed by atoms with Gasteiger partial charge in [-0.3, -0.25) is 4.79 Å². The molecular formula is C15H22N2O. The first kappa shape index (κ1) is 13.1. The van der Waals surface area contributed by atoms with Crippen molar-refractivity contribution in [3.63, 3.8) is 0 Å². The lowest BCUT2D eigenvalue weighted by Crippen LogP contribution is -2.49. The molecule has 0 unspecified atom stereocenters. The Morgan fingerprint density at radius 3 is 2.61 bits per heavy atom. The van der Waals surface area contributed by atoms with Gasteiger partial charge in [-0.15, -0.1) is 0 Å². The second-order valence-electron chi connectivity index (χ2n) is 5.33. The summed E-state index contributed by atoms with van der Waals surface area (Å²) < 4.78 is 0. The van der Waals surface area contributed by atoms with Crippen LogP contribution in [0.2, 0.25) is 0 Å². The number of hydrogen-bond donors (Lipinski definition) is 2. The van der Waals surface area contributed by atoms with E-state index >= 15 is 0 Å². The van der Waals surface area contributed by atoms with Crippen LogP contribution in [0.3, 0.4) is 0 Å². The van der Waals surface area contributed by atoms with Crippen LogP contribution < -0.4 is 11.1 Å². The lowest BCUT2D eigenvalue weighted by atomic mass is 9.91. The van der Waals surface area contributed by atoms with Crippen molar-refractivity contribution < 1.29 is 4.79 Å². The van der Waals surface area contributed by atoms with Crippen LogP contribution >= 0.6 is 0 Å². The molecule has 0 bridgehead atoms. The molecule has 0 spiro atoms. The summed E-state index contributed by atoms with van der Waals surface area (Å²) >= 11 is 0. The van der Waals surface area contributed by atoms with E-state index in [4.69, 9.17) is 5.73 Å². The molecule has 1 aliphatic rings. The molecule has 2 rings (SSSR count). The van der Waals surface area contributed by atoms with E-state index in [9.17, 15) is 4.79 Å². The average molecular weight is 246 g/mol. The van der Waals surface area contributed by atoms with Gasteiger partial charge in [-0.05, 0) is 49.9 Å². The zero-order valence-electron chi connectivity index (χ0n) is 11.2. The predicted molar refractivity (Wildman–Crippen MR) is 73.6 cm³/mol. The quantitative estimate of drug-likeness (QED) is 0.841. The number of carbonyl (C=O) groups excluding carboxylic acids is 1. The number of amides is 1. The largest absolute Gasteiger partial charge is 0.348 e. The minimum atomic E-state index is 0.000417. The predicted octanol–water partition coefficient (Wildman–Crippen LogP) is 2.30. The Bertz CT molecular complexity index is 442. The molecule has 0 radical (unpaired) electrons. The smallest absolute Gasteiger partial charge is 0.251 e. The van der Waals surface area contributed by atoms with Crippen molar-refractivity contribution in [2.75, 3.05) is 0 Å². The van der Waals surface area contributed by atoms with Crippen molar-refractivity contribution in [3.8, 4) is 0 Å². The molecule has 0 aromatic heterocycles. The summed E-state index contributed by atoms with van der Waals surface area (Å²) in [5, 5.41) is 3.07. The molecule has 1 amide bonds. The van der Waals surface area contributed by atoms with Gasteiger partial charge in [-0.1, -0.05) is 18.9 Å². The number of rotatable bonds is 2. The van der Waals surface area contributed by atoms with Gasteiger partial charge in [0.15, 0.2) is 0 Å². The minimum Gasteiger partial charge on any atom is -0.348 e. The number of hydrogen-bond acceptors (Lipinski definition) is 2. The highest BCUT2D eigenvalue weighted by Crippen LogP contribution is 2.17. The van der Waals surface area contributed by atoms with Crippen molar-refractivity contribution in [1.29, 1.82) is 0 Å². The van der Waals surface area contributed by atoms with Gasteiger partial charge in [0, 0.05) is 17.6 Å². The van der Waals surface area contributed by atoms with Crippen LogP contribution in [0.1, 0.15) is 47.2 Å². The average Bonchev–Trinajstić information content (AvgIpc) is 2.35. The van der Waals surface area contributed by atoms with Crippen molar-refractivity contribution in [3.05, 3.63) is 34.9 Å². The van der Waals surface area contributed by atoms with Gasteiger partial charge in [-0.2, -0.15) is 0 Å². The van der Waals surface area contributed by atoms with E-state index in [1.165, 1.54) is 12.0 Å². The van der Waals surface area contributed by atoms with Crippen LogP contribution in [0.15, 0.2) is 18.2 Å². The third-order valence-corrected chi connectivity index (χ3v) is 3.90. The molecule has 0 saturated heterocycles. The lowest BCUT2D eigenvalue weighted by molar-refractivity contribution is 0.0921. The van der Waals surface area contributed by atoms with Gasteiger partial charge in [0.1, 0.15) is 0 Å². The summed E-state index contributed by atoms with van der Waals surface area (Å²) in [5.74, 6) is 0.000417. The third-order valence-electron chi connectivity index (χ3n) is 3.90. The first-order valence-corrected chi connectivity index (χ1v) is 6.71. The third kappa shape index (κ3) is 2.91. The van der Waals surface area contributed by atoms with E-state index in [2.05, 4.69) is 5.32 Å². The standard InChI is InChI=1S/C15H22N2O/c1-10-7-8-12(9-11(10)2)15(18)17-14-6-4-3-5-13(14)16/h7-9,13-14H,3-6,16H2,1-2H3,(H,17,18)/t13-,14-/m1/s1. The van der Waals surface area contributed by atoms with E-state index in [-0.39, 0.29) is 18.0 Å². The molecule has 98 valence electrons. The Morgan fingerprint density at radius 1 is 1.22 bits per heavy atom. The Kier molecular flexibility index (Phi) is 4.02. The van der Waals surface area contributed by atoms with Gasteiger partial charge in [0.05, 0.1) is 0 Å². The number of aryl methyl sites for hydroxylation is 2. The fraction of sp³-hybridized carbons (Fsp3) is 0.533. The van der Waals surface area contributed by atoms with Crippen LogP contribution in [-0.2, 0) is 0 Å². The fourth-order valence-electron chi connectivity index (χ4n) is 2.47. The number of benzene rings is 1. The number of carbonyl (C=O) groups is 1. The van der Waals surface area contributed by atoms with E-state index < -0.39 is 0 Å². The van der Waals surface area contributed by atoms with Crippen molar-refractivity contribution in [1.82, 2.24) is 5.32 Å². The molecule has 0 heterocycles. The van der Waals surface area contributed by atoms with Crippen LogP contribution in [-0.4, -0.2) is 18.0 Å². The molecule has 3 nitrogen and oxygen atoms in total. The molecule has 0 aliphatic heterocycles. The summed E-state index contributed by atoms with van der Waals surface area (Å²) in [6, 6.07) is 6.05. The minimum absolute atomic E-state index is 0.000417. The highest BCUT2D eigenvalue weighted by atomic mass is 16.1. The Balaban J connectivity index is 2.04. The monoisotopic (exact) mass is 246 g/mol. The van der Waals surface area contributed by atoms with Crippen LogP contribution in [0.5, 0.6) is 0 Å². The Morgan fingerprint density at radius 2 is 1.94 bits per heavy atom. The van der Waals surface area contributed by atoms with Gasteiger partial charge in [0.2, 0.25) is 0 Å². The molecule has 2 atom stereocenters. The summed E-state index contributed by atoms with van der Waals surface area (Å²) in [6.07, 6.45) is 4.35. The molecular weight excluding hydrogens is 224 g/mol. The topological polar surface area (TPSA) is 55.1 Å². The lowest BCUT2D eigenvalue weighted by Gasteiger charge is -2.29. The maximum atomic E-state index is 12.2. The van der Waals surface area contributed by atoms with Crippen molar-refractivity contribution in [2.45, 2.75) is 51.6 Å².